The highest BCUT2D eigenvalue weighted by Gasteiger charge is 2.11. The van der Waals surface area contributed by atoms with E-state index in [2.05, 4.69) is 25.6 Å². The number of aromatic nitrogens is 4. The molecule has 1 aromatic carbocycles. The van der Waals surface area contributed by atoms with Gasteiger partial charge in [-0.2, -0.15) is 10.2 Å². The van der Waals surface area contributed by atoms with Crippen LogP contribution in [0, 0.1) is 18.6 Å². The molecule has 2 heterocycles. The molecule has 8 nitrogen and oxygen atoms in total. The van der Waals surface area contributed by atoms with Gasteiger partial charge in [0.25, 0.3) is 5.56 Å². The Morgan fingerprint density at radius 2 is 2.04 bits per heavy atom. The minimum Gasteiger partial charge on any atom is -0.335 e. The lowest BCUT2D eigenvalue weighted by molar-refractivity contribution is -0.120. The Balaban J connectivity index is 1.71. The second-order valence-electron chi connectivity index (χ2n) is 5.91. The van der Waals surface area contributed by atoms with Gasteiger partial charge in [-0.05, 0) is 38.2 Å². The van der Waals surface area contributed by atoms with E-state index in [9.17, 15) is 9.59 Å². The van der Waals surface area contributed by atoms with Crippen LogP contribution < -0.4 is 11.0 Å². The highest BCUT2D eigenvalue weighted by atomic mass is 32.1. The highest BCUT2D eigenvalue weighted by molar-refractivity contribution is 7.71. The molecule has 0 saturated carbocycles. The van der Waals surface area contributed by atoms with Crippen molar-refractivity contribution in [3.05, 3.63) is 74.2 Å². The minimum absolute atomic E-state index is 0.0356. The van der Waals surface area contributed by atoms with E-state index in [0.29, 0.717) is 5.69 Å². The van der Waals surface area contributed by atoms with Gasteiger partial charge in [-0.25, -0.2) is 10.1 Å². The summed E-state index contributed by atoms with van der Waals surface area (Å²) in [5.74, 6) is -0.367. The summed E-state index contributed by atoms with van der Waals surface area (Å²) >= 11 is 4.88. The molecule has 0 aliphatic carbocycles. The number of rotatable bonds is 5. The zero-order valence-electron chi connectivity index (χ0n) is 14.8. The number of nitrogens with one attached hydrogen (secondary N) is 3. The summed E-state index contributed by atoms with van der Waals surface area (Å²) in [6.45, 7) is 3.82. The summed E-state index contributed by atoms with van der Waals surface area (Å²) in [6.07, 6.45) is 1.53. The topological polar surface area (TPSA) is 108 Å². The highest BCUT2D eigenvalue weighted by Crippen LogP contribution is 2.15. The maximum Gasteiger partial charge on any atom is 0.251 e. The molecule has 3 rings (SSSR count). The first-order valence-electron chi connectivity index (χ1n) is 8.20. The normalized spacial score (nSPS) is 11.0. The molecule has 0 spiro atoms. The fraction of sp³-hybridized carbons (Fsp3) is 0.167. The predicted molar refractivity (Wildman–Crippen MR) is 105 cm³/mol. The Morgan fingerprint density at radius 3 is 2.74 bits per heavy atom. The molecule has 0 aliphatic heterocycles. The van der Waals surface area contributed by atoms with E-state index in [-0.39, 0.29) is 22.7 Å². The molecular weight excluding hydrogens is 364 g/mol. The number of nitrogens with zero attached hydrogens (tertiary/aromatic N) is 3. The van der Waals surface area contributed by atoms with E-state index in [1.807, 2.05) is 48.9 Å². The van der Waals surface area contributed by atoms with Crippen molar-refractivity contribution in [1.82, 2.24) is 25.2 Å². The number of hydrogen-bond donors (Lipinski definition) is 3. The van der Waals surface area contributed by atoms with Crippen molar-refractivity contribution in [3.63, 3.8) is 0 Å². The second-order valence-corrected chi connectivity index (χ2v) is 6.32. The average molecular weight is 382 g/mol. The molecule has 0 unspecified atom stereocenters. The molecule has 0 radical (unpaired) electrons. The fourth-order valence-corrected chi connectivity index (χ4v) is 2.89. The van der Waals surface area contributed by atoms with Crippen LogP contribution in [-0.2, 0) is 11.2 Å². The van der Waals surface area contributed by atoms with Crippen LogP contribution >= 0.6 is 12.2 Å². The Kier molecular flexibility index (Phi) is 5.41. The molecule has 0 fully saturated rings. The molecule has 0 saturated heterocycles. The summed E-state index contributed by atoms with van der Waals surface area (Å²) in [7, 11) is 0. The van der Waals surface area contributed by atoms with Gasteiger partial charge in [0.05, 0.1) is 29.7 Å². The molecule has 1 amide bonds. The molecule has 138 valence electrons. The van der Waals surface area contributed by atoms with E-state index in [1.54, 1.807) is 6.21 Å². The summed E-state index contributed by atoms with van der Waals surface area (Å²) < 4.78 is 2.00. The fourth-order valence-electron chi connectivity index (χ4n) is 2.66. The number of carbonyl (C=O) groups excluding carboxylic acids is 1. The van der Waals surface area contributed by atoms with Crippen molar-refractivity contribution >= 4 is 24.3 Å². The number of carbonyl (C=O) groups is 1. The zero-order chi connectivity index (χ0) is 19.4. The first-order valence-corrected chi connectivity index (χ1v) is 8.61. The number of aryl methyl sites for hydroxylation is 1. The van der Waals surface area contributed by atoms with Gasteiger partial charge in [0.15, 0.2) is 4.77 Å². The van der Waals surface area contributed by atoms with Gasteiger partial charge >= 0.3 is 0 Å². The summed E-state index contributed by atoms with van der Waals surface area (Å²) in [5, 5.41) is 8.53. The van der Waals surface area contributed by atoms with Crippen LogP contribution in [0.25, 0.3) is 5.69 Å². The SMILES string of the molecule is Cc1nn(-c2ccccc2)c(C)c1/C=N\NC(=O)Cc1cc(=O)[nH]c(=S)[nH]1. The molecule has 9 heteroatoms. The Hall–Kier alpha value is -3.33. The van der Waals surface area contributed by atoms with E-state index < -0.39 is 0 Å². The molecule has 27 heavy (non-hydrogen) atoms. The number of hydrazone groups is 1. The zero-order valence-corrected chi connectivity index (χ0v) is 15.6. The maximum absolute atomic E-state index is 12.0. The Bertz CT molecular complexity index is 1080. The first-order chi connectivity index (χ1) is 12.9. The lowest BCUT2D eigenvalue weighted by atomic mass is 10.2. The monoisotopic (exact) mass is 382 g/mol. The molecule has 3 N–H and O–H groups in total. The standard InChI is InChI=1S/C18H18N6O2S/c1-11-15(12(2)24(23-11)14-6-4-3-5-7-14)10-19-22-17(26)9-13-8-16(25)21-18(27)20-13/h3-8,10H,9H2,1-2H3,(H,22,26)(H2,20,21,25,27)/b19-10-. The number of amides is 1. The van der Waals surface area contributed by atoms with Crippen molar-refractivity contribution in [3.8, 4) is 5.69 Å². The second kappa shape index (κ2) is 7.92. The number of hydrogen-bond acceptors (Lipinski definition) is 5. The van der Waals surface area contributed by atoms with Gasteiger partial charge in [-0.15, -0.1) is 0 Å². The van der Waals surface area contributed by atoms with Gasteiger partial charge in [-0.1, -0.05) is 18.2 Å². The van der Waals surface area contributed by atoms with Crippen molar-refractivity contribution in [2.75, 3.05) is 0 Å². The smallest absolute Gasteiger partial charge is 0.251 e. The van der Waals surface area contributed by atoms with Crippen molar-refractivity contribution in [1.29, 1.82) is 0 Å². The number of H-pyrrole nitrogens is 2. The summed E-state index contributed by atoms with van der Waals surface area (Å²) in [6, 6.07) is 11.1. The summed E-state index contributed by atoms with van der Waals surface area (Å²) in [5.41, 5.74) is 6.00. The maximum atomic E-state index is 12.0. The molecule has 3 aromatic rings. The van der Waals surface area contributed by atoms with E-state index in [0.717, 1.165) is 22.6 Å². The Labute approximate surface area is 160 Å². The number of aromatic amines is 2. The van der Waals surface area contributed by atoms with Crippen molar-refractivity contribution < 1.29 is 4.79 Å². The Morgan fingerprint density at radius 1 is 1.30 bits per heavy atom. The largest absolute Gasteiger partial charge is 0.335 e. The third-order valence-corrected chi connectivity index (χ3v) is 4.10. The molecule has 2 aromatic heterocycles. The van der Waals surface area contributed by atoms with Crippen LogP contribution in [0.15, 0.2) is 46.3 Å². The third kappa shape index (κ3) is 4.45. The summed E-state index contributed by atoms with van der Waals surface area (Å²) in [4.78, 5) is 28.6. The molecular formula is C18H18N6O2S. The van der Waals surface area contributed by atoms with Crippen LogP contribution in [0.3, 0.4) is 0 Å². The van der Waals surface area contributed by atoms with E-state index in [1.165, 1.54) is 6.07 Å². The van der Waals surface area contributed by atoms with E-state index in [4.69, 9.17) is 12.2 Å². The van der Waals surface area contributed by atoms with Crippen molar-refractivity contribution in [2.45, 2.75) is 20.3 Å². The van der Waals surface area contributed by atoms with Gasteiger partial charge in [-0.3, -0.25) is 14.6 Å². The van der Waals surface area contributed by atoms with Crippen LogP contribution in [0.4, 0.5) is 0 Å². The van der Waals surface area contributed by atoms with Gasteiger partial charge in [0, 0.05) is 17.3 Å². The van der Waals surface area contributed by atoms with Crippen LogP contribution in [-0.4, -0.2) is 31.9 Å². The minimum atomic E-state index is -0.367. The average Bonchev–Trinajstić information content (AvgIpc) is 2.89. The number of para-hydroxylation sites is 1. The van der Waals surface area contributed by atoms with Crippen molar-refractivity contribution in [2.24, 2.45) is 5.10 Å². The van der Waals surface area contributed by atoms with Crippen LogP contribution in [0.1, 0.15) is 22.6 Å². The van der Waals surface area contributed by atoms with Gasteiger partial charge in [0.1, 0.15) is 0 Å². The number of benzene rings is 1. The predicted octanol–water partition coefficient (Wildman–Crippen LogP) is 1.93. The van der Waals surface area contributed by atoms with E-state index >= 15 is 0 Å². The van der Waals surface area contributed by atoms with Crippen LogP contribution in [0.5, 0.6) is 0 Å². The molecule has 0 bridgehead atoms. The quantitative estimate of drug-likeness (QED) is 0.356. The molecule has 0 aliphatic rings. The molecule has 0 atom stereocenters. The van der Waals surface area contributed by atoms with Gasteiger partial charge in [0.2, 0.25) is 5.91 Å². The first kappa shape index (κ1) is 18.5. The van der Waals surface area contributed by atoms with Crippen LogP contribution in [0.2, 0.25) is 0 Å². The van der Waals surface area contributed by atoms with Gasteiger partial charge < -0.3 is 4.98 Å². The lowest BCUT2D eigenvalue weighted by Crippen LogP contribution is -2.21. The lowest BCUT2D eigenvalue weighted by Gasteiger charge is -2.03. The third-order valence-electron chi connectivity index (χ3n) is 3.90.